The molecule has 0 unspecified atom stereocenters. The first-order valence-electron chi connectivity index (χ1n) is 10.6. The van der Waals surface area contributed by atoms with Gasteiger partial charge in [0.05, 0.1) is 24.7 Å². The van der Waals surface area contributed by atoms with Crippen molar-refractivity contribution in [2.75, 3.05) is 46.9 Å². The fourth-order valence-electron chi connectivity index (χ4n) is 3.70. The fourth-order valence-corrected chi connectivity index (χ4v) is 4.77. The van der Waals surface area contributed by atoms with E-state index in [1.807, 2.05) is 0 Å². The summed E-state index contributed by atoms with van der Waals surface area (Å²) in [5.41, 5.74) is 1.46. The molecule has 1 aliphatic rings. The van der Waals surface area contributed by atoms with Gasteiger partial charge in [-0.15, -0.1) is 0 Å². The summed E-state index contributed by atoms with van der Waals surface area (Å²) < 4.78 is 37.6. The van der Waals surface area contributed by atoms with E-state index in [0.717, 1.165) is 0 Å². The SMILES string of the molecule is CCNS(=O)(=O)c1ccc(C)c(C(=O)N2CCN(C(=O)c3ccc(OC)cc3OC)CC2)c1. The van der Waals surface area contributed by atoms with Crippen molar-refractivity contribution in [3.63, 3.8) is 0 Å². The number of hydrogen-bond acceptors (Lipinski definition) is 6. The number of benzene rings is 2. The van der Waals surface area contributed by atoms with Crippen molar-refractivity contribution in [1.82, 2.24) is 14.5 Å². The van der Waals surface area contributed by atoms with Crippen molar-refractivity contribution < 1.29 is 27.5 Å². The Hall–Kier alpha value is -3.11. The van der Waals surface area contributed by atoms with E-state index >= 15 is 0 Å². The molecule has 0 bridgehead atoms. The third-order valence-electron chi connectivity index (χ3n) is 5.58. The lowest BCUT2D eigenvalue weighted by atomic mass is 10.1. The molecule has 1 N–H and O–H groups in total. The Labute approximate surface area is 194 Å². The summed E-state index contributed by atoms with van der Waals surface area (Å²) in [6.07, 6.45) is 0. The molecule has 2 aromatic rings. The van der Waals surface area contributed by atoms with Crippen molar-refractivity contribution in [2.24, 2.45) is 0 Å². The average molecular weight is 476 g/mol. The molecule has 2 aromatic carbocycles. The highest BCUT2D eigenvalue weighted by atomic mass is 32.2. The average Bonchev–Trinajstić information content (AvgIpc) is 2.83. The summed E-state index contributed by atoms with van der Waals surface area (Å²) in [5.74, 6) is 0.575. The summed E-state index contributed by atoms with van der Waals surface area (Å²) in [6, 6.07) is 9.56. The summed E-state index contributed by atoms with van der Waals surface area (Å²) in [5, 5.41) is 0. The van der Waals surface area contributed by atoms with E-state index in [4.69, 9.17) is 9.47 Å². The maximum Gasteiger partial charge on any atom is 0.257 e. The summed E-state index contributed by atoms with van der Waals surface area (Å²) in [4.78, 5) is 29.5. The zero-order valence-corrected chi connectivity index (χ0v) is 20.1. The maximum absolute atomic E-state index is 13.1. The zero-order valence-electron chi connectivity index (χ0n) is 19.3. The van der Waals surface area contributed by atoms with Crippen LogP contribution >= 0.6 is 0 Å². The summed E-state index contributed by atoms with van der Waals surface area (Å²) >= 11 is 0. The number of methoxy groups -OCH3 is 2. The molecule has 1 heterocycles. The van der Waals surface area contributed by atoms with E-state index in [1.54, 1.807) is 55.0 Å². The highest BCUT2D eigenvalue weighted by Gasteiger charge is 2.28. The summed E-state index contributed by atoms with van der Waals surface area (Å²) in [6.45, 7) is 5.11. The second kappa shape index (κ2) is 10.2. The van der Waals surface area contributed by atoms with Crippen LogP contribution in [0, 0.1) is 6.92 Å². The highest BCUT2D eigenvalue weighted by molar-refractivity contribution is 7.89. The van der Waals surface area contributed by atoms with E-state index in [-0.39, 0.29) is 23.3 Å². The van der Waals surface area contributed by atoms with Gasteiger partial charge in [-0.05, 0) is 36.8 Å². The van der Waals surface area contributed by atoms with Gasteiger partial charge in [-0.3, -0.25) is 9.59 Å². The van der Waals surface area contributed by atoms with Crippen LogP contribution in [-0.4, -0.2) is 77.0 Å². The van der Waals surface area contributed by atoms with Crippen LogP contribution in [0.5, 0.6) is 11.5 Å². The van der Waals surface area contributed by atoms with Gasteiger partial charge >= 0.3 is 0 Å². The summed E-state index contributed by atoms with van der Waals surface area (Å²) in [7, 11) is -0.634. The van der Waals surface area contributed by atoms with Crippen LogP contribution < -0.4 is 14.2 Å². The second-order valence-corrected chi connectivity index (χ2v) is 9.40. The Morgan fingerprint density at radius 3 is 2.06 bits per heavy atom. The van der Waals surface area contributed by atoms with Crippen molar-refractivity contribution >= 4 is 21.8 Å². The molecule has 1 saturated heterocycles. The van der Waals surface area contributed by atoms with Crippen LogP contribution in [-0.2, 0) is 10.0 Å². The predicted octanol–water partition coefficient (Wildman–Crippen LogP) is 1.91. The van der Waals surface area contributed by atoms with Crippen molar-refractivity contribution in [1.29, 1.82) is 0 Å². The lowest BCUT2D eigenvalue weighted by Crippen LogP contribution is -2.50. The number of nitrogens with one attached hydrogen (secondary N) is 1. The number of carbonyl (C=O) groups excluding carboxylic acids is 2. The fraction of sp³-hybridized carbons (Fsp3) is 0.391. The van der Waals surface area contributed by atoms with Crippen molar-refractivity contribution in [3.8, 4) is 11.5 Å². The van der Waals surface area contributed by atoms with Crippen LogP contribution in [0.25, 0.3) is 0 Å². The quantitative estimate of drug-likeness (QED) is 0.656. The molecular weight excluding hydrogens is 446 g/mol. The number of nitrogens with zero attached hydrogens (tertiary/aromatic N) is 2. The largest absolute Gasteiger partial charge is 0.497 e. The van der Waals surface area contributed by atoms with Gasteiger partial charge in [-0.25, -0.2) is 13.1 Å². The van der Waals surface area contributed by atoms with Crippen LogP contribution in [0.1, 0.15) is 33.2 Å². The van der Waals surface area contributed by atoms with E-state index in [9.17, 15) is 18.0 Å². The molecule has 2 amide bonds. The molecule has 0 saturated carbocycles. The van der Waals surface area contributed by atoms with Crippen LogP contribution in [0.3, 0.4) is 0 Å². The molecule has 1 fully saturated rings. The number of rotatable bonds is 7. The Bertz CT molecular complexity index is 1140. The first kappa shape index (κ1) is 24.5. The van der Waals surface area contributed by atoms with Gasteiger partial charge in [0.15, 0.2) is 0 Å². The standard InChI is InChI=1S/C23H29N3O6S/c1-5-24-33(29,30)18-8-6-16(2)20(15-18)23(28)26-12-10-25(11-13-26)22(27)19-9-7-17(31-3)14-21(19)32-4/h6-9,14-15,24H,5,10-13H2,1-4H3. The normalized spacial score (nSPS) is 14.2. The minimum Gasteiger partial charge on any atom is -0.497 e. The molecule has 9 nitrogen and oxygen atoms in total. The molecule has 1 aliphatic heterocycles. The Morgan fingerprint density at radius 2 is 1.52 bits per heavy atom. The molecule has 0 atom stereocenters. The number of aryl methyl sites for hydroxylation is 1. The van der Waals surface area contributed by atoms with Crippen LogP contribution in [0.15, 0.2) is 41.3 Å². The first-order chi connectivity index (χ1) is 15.7. The third kappa shape index (κ3) is 5.28. The van der Waals surface area contributed by atoms with Crippen LogP contribution in [0.2, 0.25) is 0 Å². The minimum atomic E-state index is -3.67. The monoisotopic (exact) mass is 475 g/mol. The second-order valence-electron chi connectivity index (χ2n) is 7.63. The van der Waals surface area contributed by atoms with Gasteiger partial charge in [0, 0.05) is 44.4 Å². The molecular formula is C23H29N3O6S. The molecule has 0 spiro atoms. The Kier molecular flexibility index (Phi) is 7.60. The third-order valence-corrected chi connectivity index (χ3v) is 7.12. The molecule has 10 heteroatoms. The van der Waals surface area contributed by atoms with Crippen molar-refractivity contribution in [2.45, 2.75) is 18.7 Å². The van der Waals surface area contributed by atoms with Gasteiger partial charge in [0.25, 0.3) is 11.8 Å². The molecule has 0 radical (unpaired) electrons. The van der Waals surface area contributed by atoms with Gasteiger partial charge in [0.1, 0.15) is 11.5 Å². The molecule has 33 heavy (non-hydrogen) atoms. The number of piperazine rings is 1. The lowest BCUT2D eigenvalue weighted by molar-refractivity contribution is 0.0533. The Balaban J connectivity index is 1.73. The Morgan fingerprint density at radius 1 is 0.909 bits per heavy atom. The van der Waals surface area contributed by atoms with Crippen molar-refractivity contribution in [3.05, 3.63) is 53.1 Å². The number of hydrogen-bond donors (Lipinski definition) is 1. The number of amides is 2. The lowest BCUT2D eigenvalue weighted by Gasteiger charge is -2.35. The zero-order chi connectivity index (χ0) is 24.2. The molecule has 0 aliphatic carbocycles. The number of ether oxygens (including phenoxy) is 2. The van der Waals surface area contributed by atoms with Gasteiger partial charge in [0.2, 0.25) is 10.0 Å². The topological polar surface area (TPSA) is 105 Å². The van der Waals surface area contributed by atoms with Gasteiger partial charge in [-0.2, -0.15) is 0 Å². The van der Waals surface area contributed by atoms with Gasteiger partial charge < -0.3 is 19.3 Å². The van der Waals surface area contributed by atoms with E-state index in [2.05, 4.69) is 4.72 Å². The molecule has 0 aromatic heterocycles. The smallest absolute Gasteiger partial charge is 0.257 e. The van der Waals surface area contributed by atoms with E-state index in [0.29, 0.717) is 54.4 Å². The number of sulfonamides is 1. The minimum absolute atomic E-state index is 0.0544. The van der Waals surface area contributed by atoms with E-state index < -0.39 is 10.0 Å². The molecule has 3 rings (SSSR count). The first-order valence-corrected chi connectivity index (χ1v) is 12.1. The van der Waals surface area contributed by atoms with Gasteiger partial charge in [-0.1, -0.05) is 13.0 Å². The molecule has 178 valence electrons. The highest BCUT2D eigenvalue weighted by Crippen LogP contribution is 2.26. The van der Waals surface area contributed by atoms with E-state index in [1.165, 1.54) is 19.2 Å². The maximum atomic E-state index is 13.1. The number of carbonyl (C=O) groups is 2. The van der Waals surface area contributed by atoms with Crippen LogP contribution in [0.4, 0.5) is 0 Å². The predicted molar refractivity (Wildman–Crippen MR) is 123 cm³/mol.